The molecule has 0 heterocycles. The van der Waals surface area contributed by atoms with Crippen LogP contribution in [0, 0.1) is 0 Å². The van der Waals surface area contributed by atoms with Crippen LogP contribution >= 0.6 is 11.6 Å². The highest BCUT2D eigenvalue weighted by Gasteiger charge is 2.30. The number of carbonyl (C=O) groups excluding carboxylic acids is 2. The minimum absolute atomic E-state index is 0.0653. The Kier molecular flexibility index (Phi) is 9.44. The zero-order valence-corrected chi connectivity index (χ0v) is 22.6. The van der Waals surface area contributed by atoms with E-state index >= 15 is 0 Å². The lowest BCUT2D eigenvalue weighted by molar-refractivity contribution is -0.141. The van der Waals surface area contributed by atoms with Crippen LogP contribution in [0.5, 0.6) is 0 Å². The number of amides is 2. The van der Waals surface area contributed by atoms with Crippen molar-refractivity contribution in [2.45, 2.75) is 18.6 Å². The third-order valence-corrected chi connectivity index (χ3v) is 6.50. The minimum Gasteiger partial charge on any atom is -0.480 e. The van der Waals surface area contributed by atoms with E-state index in [9.17, 15) is 32.7 Å². The van der Waals surface area contributed by atoms with Gasteiger partial charge in [-0.05, 0) is 64.7 Å². The third-order valence-electron chi connectivity index (χ3n) is 6.25. The van der Waals surface area contributed by atoms with Gasteiger partial charge in [-0.2, -0.15) is 13.2 Å². The van der Waals surface area contributed by atoms with Crippen LogP contribution in [0.2, 0.25) is 5.02 Å². The lowest BCUT2D eigenvalue weighted by Crippen LogP contribution is -2.45. The highest BCUT2D eigenvalue weighted by Crippen LogP contribution is 2.29. The molecule has 6 nitrogen and oxygen atoms in total. The van der Waals surface area contributed by atoms with E-state index in [2.05, 4.69) is 10.6 Å². The first-order valence-corrected chi connectivity index (χ1v) is 13.0. The SMILES string of the molecule is O=C(NC(Cc1ccc(Cl)cc1)C(=O)O)C(=Cc1ccc(-c2ccccc2)cc1)NC(=O)c1ccc(C(F)(F)F)cc1. The molecule has 0 aliphatic heterocycles. The van der Waals surface area contributed by atoms with Crippen molar-refractivity contribution in [1.82, 2.24) is 10.6 Å². The van der Waals surface area contributed by atoms with Gasteiger partial charge in [-0.1, -0.05) is 78.3 Å². The highest BCUT2D eigenvalue weighted by molar-refractivity contribution is 6.30. The summed E-state index contributed by atoms with van der Waals surface area (Å²) in [5, 5.41) is 15.1. The molecule has 4 rings (SSSR count). The number of carboxylic acid groups (broad SMARTS) is 1. The smallest absolute Gasteiger partial charge is 0.416 e. The van der Waals surface area contributed by atoms with Crippen molar-refractivity contribution < 1.29 is 32.7 Å². The van der Waals surface area contributed by atoms with Crippen molar-refractivity contribution in [1.29, 1.82) is 0 Å². The van der Waals surface area contributed by atoms with Crippen molar-refractivity contribution in [2.75, 3.05) is 0 Å². The van der Waals surface area contributed by atoms with Crippen LogP contribution in [-0.2, 0) is 22.2 Å². The fourth-order valence-corrected chi connectivity index (χ4v) is 4.15. The molecule has 4 aromatic rings. The molecule has 0 spiro atoms. The van der Waals surface area contributed by atoms with Crippen LogP contribution < -0.4 is 10.6 Å². The molecule has 0 radical (unpaired) electrons. The number of halogens is 4. The van der Waals surface area contributed by atoms with Gasteiger partial charge in [0, 0.05) is 17.0 Å². The lowest BCUT2D eigenvalue weighted by atomic mass is 10.0. The quantitative estimate of drug-likeness (QED) is 0.191. The summed E-state index contributed by atoms with van der Waals surface area (Å²) in [7, 11) is 0. The van der Waals surface area contributed by atoms with E-state index in [1.807, 2.05) is 42.5 Å². The standard InChI is InChI=1S/C32H24ClF3N2O4/c33-26-16-8-21(9-17-26)19-28(31(41)42)38-30(40)27(37-29(39)24-12-14-25(15-13-24)32(34,35)36)18-20-6-10-23(11-7-20)22-4-2-1-3-5-22/h1-18,28H,19H2,(H,37,39)(H,38,40)(H,41,42). The number of nitrogens with one attached hydrogen (secondary N) is 2. The van der Waals surface area contributed by atoms with Gasteiger partial charge in [0.05, 0.1) is 5.56 Å². The molecule has 0 saturated heterocycles. The zero-order chi connectivity index (χ0) is 30.3. The molecule has 10 heteroatoms. The largest absolute Gasteiger partial charge is 0.480 e. The highest BCUT2D eigenvalue weighted by atomic mass is 35.5. The first-order chi connectivity index (χ1) is 20.0. The maximum absolute atomic E-state index is 13.3. The van der Waals surface area contributed by atoms with Crippen molar-refractivity contribution in [3.8, 4) is 11.1 Å². The first kappa shape index (κ1) is 30.1. The Balaban J connectivity index is 1.61. The van der Waals surface area contributed by atoms with Crippen molar-refractivity contribution in [3.63, 3.8) is 0 Å². The van der Waals surface area contributed by atoms with E-state index in [0.717, 1.165) is 35.4 Å². The van der Waals surface area contributed by atoms with Gasteiger partial charge in [-0.25, -0.2) is 4.79 Å². The summed E-state index contributed by atoms with van der Waals surface area (Å²) in [6, 6.07) is 25.2. The molecule has 0 aliphatic rings. The van der Waals surface area contributed by atoms with Crippen molar-refractivity contribution in [2.24, 2.45) is 0 Å². The van der Waals surface area contributed by atoms with Crippen LogP contribution in [0.15, 0.2) is 109 Å². The monoisotopic (exact) mass is 592 g/mol. The van der Waals surface area contributed by atoms with Gasteiger partial charge < -0.3 is 15.7 Å². The zero-order valence-electron chi connectivity index (χ0n) is 21.9. The Morgan fingerprint density at radius 3 is 1.98 bits per heavy atom. The third kappa shape index (κ3) is 8.08. The second-order valence-corrected chi connectivity index (χ2v) is 9.71. The predicted octanol–water partition coefficient (Wildman–Crippen LogP) is 6.61. The summed E-state index contributed by atoms with van der Waals surface area (Å²) in [5.74, 6) is -3.06. The van der Waals surface area contributed by atoms with Crippen LogP contribution in [0.3, 0.4) is 0 Å². The number of carbonyl (C=O) groups is 3. The first-order valence-electron chi connectivity index (χ1n) is 12.6. The van der Waals surface area contributed by atoms with Gasteiger partial charge in [0.1, 0.15) is 11.7 Å². The summed E-state index contributed by atoms with van der Waals surface area (Å²) >= 11 is 5.90. The molecule has 214 valence electrons. The summed E-state index contributed by atoms with van der Waals surface area (Å²) in [6.07, 6.45) is -3.29. The van der Waals surface area contributed by atoms with E-state index in [1.54, 1.807) is 36.4 Å². The van der Waals surface area contributed by atoms with Crippen LogP contribution in [0.4, 0.5) is 13.2 Å². The number of hydrogen-bond acceptors (Lipinski definition) is 3. The van der Waals surface area contributed by atoms with E-state index in [-0.39, 0.29) is 17.7 Å². The average Bonchev–Trinajstić information content (AvgIpc) is 2.98. The van der Waals surface area contributed by atoms with Gasteiger partial charge in [-0.15, -0.1) is 0 Å². The number of carboxylic acids is 1. The fraction of sp³-hybridized carbons (Fsp3) is 0.0938. The molecule has 4 aromatic carbocycles. The normalized spacial score (nSPS) is 12.3. The summed E-state index contributed by atoms with van der Waals surface area (Å²) < 4.78 is 38.9. The van der Waals surface area contributed by atoms with E-state index < -0.39 is 35.6 Å². The molecule has 0 bridgehead atoms. The second-order valence-electron chi connectivity index (χ2n) is 9.27. The van der Waals surface area contributed by atoms with Gasteiger partial charge in [0.15, 0.2) is 0 Å². The minimum atomic E-state index is -4.58. The number of aliphatic carboxylic acids is 1. The molecule has 0 aliphatic carbocycles. The summed E-state index contributed by atoms with van der Waals surface area (Å²) in [4.78, 5) is 38.2. The molecule has 3 N–H and O–H groups in total. The molecule has 0 aromatic heterocycles. The van der Waals surface area contributed by atoms with Crippen LogP contribution in [-0.4, -0.2) is 28.9 Å². The van der Waals surface area contributed by atoms with Crippen molar-refractivity contribution >= 4 is 35.5 Å². The molecular formula is C32H24ClF3N2O4. The summed E-state index contributed by atoms with van der Waals surface area (Å²) in [6.45, 7) is 0. The molecular weight excluding hydrogens is 569 g/mol. The summed E-state index contributed by atoms with van der Waals surface area (Å²) in [5.41, 5.74) is 1.62. The Morgan fingerprint density at radius 2 is 1.40 bits per heavy atom. The molecule has 1 atom stereocenters. The van der Waals surface area contributed by atoms with Gasteiger partial charge in [0.2, 0.25) is 0 Å². The Morgan fingerprint density at radius 1 is 0.810 bits per heavy atom. The fourth-order valence-electron chi connectivity index (χ4n) is 4.02. The van der Waals surface area contributed by atoms with E-state index in [0.29, 0.717) is 16.1 Å². The van der Waals surface area contributed by atoms with Gasteiger partial charge in [0.25, 0.3) is 11.8 Å². The Labute approximate surface area is 244 Å². The topological polar surface area (TPSA) is 95.5 Å². The molecule has 0 fully saturated rings. The molecule has 0 saturated carbocycles. The number of benzene rings is 4. The van der Waals surface area contributed by atoms with E-state index in [4.69, 9.17) is 11.6 Å². The maximum Gasteiger partial charge on any atom is 0.416 e. The van der Waals surface area contributed by atoms with E-state index in [1.165, 1.54) is 6.08 Å². The Hall–Kier alpha value is -4.89. The average molecular weight is 593 g/mol. The number of alkyl halides is 3. The van der Waals surface area contributed by atoms with Crippen LogP contribution in [0.25, 0.3) is 17.2 Å². The lowest BCUT2D eigenvalue weighted by Gasteiger charge is -2.17. The van der Waals surface area contributed by atoms with Crippen LogP contribution in [0.1, 0.15) is 27.0 Å². The predicted molar refractivity (Wildman–Crippen MR) is 153 cm³/mol. The number of hydrogen-bond donors (Lipinski definition) is 3. The molecule has 42 heavy (non-hydrogen) atoms. The van der Waals surface area contributed by atoms with Crippen molar-refractivity contribution in [3.05, 3.63) is 136 Å². The molecule has 1 unspecified atom stereocenters. The second kappa shape index (κ2) is 13.2. The maximum atomic E-state index is 13.3. The molecule has 2 amide bonds. The van der Waals surface area contributed by atoms with Gasteiger partial charge >= 0.3 is 12.1 Å². The number of rotatable bonds is 9. The van der Waals surface area contributed by atoms with Gasteiger partial charge in [-0.3, -0.25) is 9.59 Å². The Bertz CT molecular complexity index is 1590.